The zero-order valence-electron chi connectivity index (χ0n) is 13.7. The van der Waals surface area contributed by atoms with Crippen LogP contribution in [0.2, 0.25) is 5.02 Å². The minimum Gasteiger partial charge on any atom is -0.381 e. The van der Waals surface area contributed by atoms with Crippen LogP contribution in [0.15, 0.2) is 36.4 Å². The van der Waals surface area contributed by atoms with Crippen LogP contribution < -0.4 is 0 Å². The van der Waals surface area contributed by atoms with Crippen molar-refractivity contribution in [2.45, 2.75) is 32.1 Å². The van der Waals surface area contributed by atoms with E-state index in [1.165, 1.54) is 11.1 Å². The van der Waals surface area contributed by atoms with E-state index in [-0.39, 0.29) is 5.78 Å². The molecule has 1 aliphatic carbocycles. The van der Waals surface area contributed by atoms with Crippen molar-refractivity contribution in [1.29, 1.82) is 0 Å². The molecule has 0 unspecified atom stereocenters. The van der Waals surface area contributed by atoms with Crippen molar-refractivity contribution in [3.05, 3.63) is 69.2 Å². The molecule has 0 atom stereocenters. The van der Waals surface area contributed by atoms with Crippen molar-refractivity contribution in [3.63, 3.8) is 0 Å². The van der Waals surface area contributed by atoms with Crippen LogP contribution in [0.3, 0.4) is 0 Å². The molecule has 124 valence electrons. The summed E-state index contributed by atoms with van der Waals surface area (Å²) in [6.45, 7) is 1.73. The first-order valence-electron chi connectivity index (χ1n) is 8.74. The molecule has 3 heteroatoms. The zero-order valence-corrected chi connectivity index (χ0v) is 14.4. The summed E-state index contributed by atoms with van der Waals surface area (Å²) >= 11 is 6.13. The van der Waals surface area contributed by atoms with Gasteiger partial charge in [-0.15, -0.1) is 0 Å². The molecule has 0 N–H and O–H groups in total. The Morgan fingerprint density at radius 3 is 2.71 bits per heavy atom. The minimum atomic E-state index is 0.142. The summed E-state index contributed by atoms with van der Waals surface area (Å²) in [5, 5.41) is 0.704. The summed E-state index contributed by atoms with van der Waals surface area (Å²) in [5.41, 5.74) is 5.33. The number of ketones is 1. The van der Waals surface area contributed by atoms with Crippen LogP contribution in [0, 0.1) is 5.92 Å². The largest absolute Gasteiger partial charge is 0.381 e. The average Bonchev–Trinajstić information content (AvgIpc) is 2.74. The Bertz CT molecular complexity index is 775. The van der Waals surface area contributed by atoms with Gasteiger partial charge in [0.25, 0.3) is 0 Å². The lowest BCUT2D eigenvalue weighted by Gasteiger charge is -2.23. The maximum absolute atomic E-state index is 13.0. The molecule has 2 aliphatic rings. The maximum Gasteiger partial charge on any atom is 0.193 e. The zero-order chi connectivity index (χ0) is 16.5. The molecule has 0 spiro atoms. The third-order valence-electron chi connectivity index (χ3n) is 5.32. The summed E-state index contributed by atoms with van der Waals surface area (Å²) in [4.78, 5) is 13.0. The van der Waals surface area contributed by atoms with Gasteiger partial charge in [0.2, 0.25) is 0 Å². The molecule has 2 aromatic carbocycles. The topological polar surface area (TPSA) is 26.3 Å². The highest BCUT2D eigenvalue weighted by molar-refractivity contribution is 6.30. The standard InChI is InChI=1S/C21H21ClO2/c22-17-5-7-19-16(13-17)4-6-18-15(2-1-3-20(18)21(19)23)12-14-8-10-24-11-9-14/h1-3,5,7,13-14H,4,6,8-12H2. The molecule has 0 amide bonds. The molecule has 1 aliphatic heterocycles. The first kappa shape index (κ1) is 15.9. The van der Waals surface area contributed by atoms with Gasteiger partial charge < -0.3 is 4.74 Å². The molecule has 24 heavy (non-hydrogen) atoms. The Balaban J connectivity index is 1.69. The number of benzene rings is 2. The number of carbonyl (C=O) groups excluding carboxylic acids is 1. The van der Waals surface area contributed by atoms with Gasteiger partial charge in [0.15, 0.2) is 5.78 Å². The average molecular weight is 341 g/mol. The molecular formula is C21H21ClO2. The third kappa shape index (κ3) is 3.01. The minimum absolute atomic E-state index is 0.142. The number of carbonyl (C=O) groups is 1. The lowest BCUT2D eigenvalue weighted by molar-refractivity contribution is 0.0664. The van der Waals surface area contributed by atoms with Crippen molar-refractivity contribution in [2.75, 3.05) is 13.2 Å². The number of hydrogen-bond donors (Lipinski definition) is 0. The van der Waals surface area contributed by atoms with Crippen LogP contribution in [0.25, 0.3) is 0 Å². The third-order valence-corrected chi connectivity index (χ3v) is 5.56. The Hall–Kier alpha value is -1.64. The molecule has 1 heterocycles. The summed E-state index contributed by atoms with van der Waals surface area (Å²) in [7, 11) is 0. The van der Waals surface area contributed by atoms with E-state index in [9.17, 15) is 4.79 Å². The Morgan fingerprint density at radius 1 is 1.04 bits per heavy atom. The summed E-state index contributed by atoms with van der Waals surface area (Å²) in [5.74, 6) is 0.809. The molecule has 0 bridgehead atoms. The van der Waals surface area contributed by atoms with Gasteiger partial charge in [0.05, 0.1) is 0 Å². The molecular weight excluding hydrogens is 320 g/mol. The number of rotatable bonds is 2. The van der Waals surface area contributed by atoms with Crippen LogP contribution in [0.5, 0.6) is 0 Å². The van der Waals surface area contributed by atoms with E-state index in [0.29, 0.717) is 10.9 Å². The van der Waals surface area contributed by atoms with Gasteiger partial charge in [-0.1, -0.05) is 29.8 Å². The Kier molecular flexibility index (Phi) is 4.43. The lowest BCUT2D eigenvalue weighted by atomic mass is 9.87. The molecule has 1 fully saturated rings. The molecule has 4 rings (SSSR count). The van der Waals surface area contributed by atoms with Crippen LogP contribution in [0.1, 0.15) is 45.5 Å². The molecule has 0 radical (unpaired) electrons. The first-order chi connectivity index (χ1) is 11.7. The van der Waals surface area contributed by atoms with E-state index in [1.807, 2.05) is 30.3 Å². The lowest BCUT2D eigenvalue weighted by Crippen LogP contribution is -2.18. The molecule has 2 nitrogen and oxygen atoms in total. The van der Waals surface area contributed by atoms with Crippen molar-refractivity contribution in [2.24, 2.45) is 5.92 Å². The second kappa shape index (κ2) is 6.70. The monoisotopic (exact) mass is 340 g/mol. The van der Waals surface area contributed by atoms with Crippen LogP contribution >= 0.6 is 11.6 Å². The summed E-state index contributed by atoms with van der Waals surface area (Å²) in [6, 6.07) is 11.8. The second-order valence-corrected chi connectivity index (χ2v) is 7.27. The SMILES string of the molecule is O=C1c2ccc(Cl)cc2CCc2c(CC3CCOCC3)cccc21. The highest BCUT2D eigenvalue weighted by Crippen LogP contribution is 2.30. The number of halogens is 1. The predicted molar refractivity (Wildman–Crippen MR) is 96.0 cm³/mol. The van der Waals surface area contributed by atoms with E-state index in [4.69, 9.17) is 16.3 Å². The quantitative estimate of drug-likeness (QED) is 0.796. The summed E-state index contributed by atoms with van der Waals surface area (Å²) < 4.78 is 5.47. The van der Waals surface area contributed by atoms with Gasteiger partial charge in [-0.3, -0.25) is 4.79 Å². The first-order valence-corrected chi connectivity index (χ1v) is 9.12. The molecule has 2 aromatic rings. The summed E-state index contributed by atoms with van der Waals surface area (Å²) in [6.07, 6.45) is 5.07. The van der Waals surface area contributed by atoms with Crippen molar-refractivity contribution in [3.8, 4) is 0 Å². The number of aryl methyl sites for hydroxylation is 1. The fraction of sp³-hybridized carbons (Fsp3) is 0.381. The van der Waals surface area contributed by atoms with Gasteiger partial charge in [0, 0.05) is 29.4 Å². The fourth-order valence-electron chi connectivity index (χ4n) is 3.99. The number of fused-ring (bicyclic) bond motifs is 2. The maximum atomic E-state index is 13.0. The fourth-order valence-corrected chi connectivity index (χ4v) is 4.19. The van der Waals surface area contributed by atoms with E-state index >= 15 is 0 Å². The normalized spacial score (nSPS) is 18.0. The van der Waals surface area contributed by atoms with Gasteiger partial charge in [0.1, 0.15) is 0 Å². The van der Waals surface area contributed by atoms with Gasteiger partial charge >= 0.3 is 0 Å². The van der Waals surface area contributed by atoms with Crippen molar-refractivity contribution in [1.82, 2.24) is 0 Å². The molecule has 0 aromatic heterocycles. The smallest absolute Gasteiger partial charge is 0.193 e. The Morgan fingerprint density at radius 2 is 1.88 bits per heavy atom. The van der Waals surface area contributed by atoms with E-state index in [2.05, 4.69) is 6.07 Å². The predicted octanol–water partition coefficient (Wildman–Crippen LogP) is 4.64. The highest BCUT2D eigenvalue weighted by atomic mass is 35.5. The van der Waals surface area contributed by atoms with Gasteiger partial charge in [-0.05, 0) is 72.9 Å². The molecule has 1 saturated heterocycles. The van der Waals surface area contributed by atoms with E-state index in [0.717, 1.165) is 62.0 Å². The highest BCUT2D eigenvalue weighted by Gasteiger charge is 2.24. The number of ether oxygens (including phenoxy) is 1. The van der Waals surface area contributed by atoms with Crippen molar-refractivity contribution < 1.29 is 9.53 Å². The van der Waals surface area contributed by atoms with Crippen LogP contribution in [0.4, 0.5) is 0 Å². The Labute approximate surface area is 147 Å². The second-order valence-electron chi connectivity index (χ2n) is 6.83. The van der Waals surface area contributed by atoms with Crippen LogP contribution in [-0.2, 0) is 24.0 Å². The van der Waals surface area contributed by atoms with Crippen LogP contribution in [-0.4, -0.2) is 19.0 Å². The van der Waals surface area contributed by atoms with E-state index < -0.39 is 0 Å². The van der Waals surface area contributed by atoms with Gasteiger partial charge in [-0.25, -0.2) is 0 Å². The van der Waals surface area contributed by atoms with Gasteiger partial charge in [-0.2, -0.15) is 0 Å². The molecule has 0 saturated carbocycles. The number of hydrogen-bond acceptors (Lipinski definition) is 2. The van der Waals surface area contributed by atoms with E-state index in [1.54, 1.807) is 0 Å². The van der Waals surface area contributed by atoms with Crippen molar-refractivity contribution >= 4 is 17.4 Å².